The van der Waals surface area contributed by atoms with Gasteiger partial charge in [0.05, 0.1) is 40.4 Å². The lowest BCUT2D eigenvalue weighted by Gasteiger charge is -2.39. The second-order valence-electron chi connectivity index (χ2n) is 13.2. The fraction of sp³-hybridized carbons (Fsp3) is 0.342. The molecule has 4 unspecified atom stereocenters. The van der Waals surface area contributed by atoms with Gasteiger partial charge in [-0.25, -0.2) is 9.37 Å². The molecular formula is C38H33Cl2FN4O2. The minimum Gasteiger partial charge on any atom is -0.373 e. The van der Waals surface area contributed by atoms with E-state index in [0.29, 0.717) is 45.8 Å². The Labute approximate surface area is 282 Å². The van der Waals surface area contributed by atoms with Crippen molar-refractivity contribution in [3.63, 3.8) is 0 Å². The van der Waals surface area contributed by atoms with Crippen molar-refractivity contribution >= 4 is 50.9 Å². The molecule has 47 heavy (non-hydrogen) atoms. The molecule has 2 bridgehead atoms. The van der Waals surface area contributed by atoms with Gasteiger partial charge in [-0.15, -0.1) is 0 Å². The number of fused-ring (bicyclic) bond motifs is 5. The predicted octanol–water partition coefficient (Wildman–Crippen LogP) is 9.25. The van der Waals surface area contributed by atoms with Crippen LogP contribution in [-0.2, 0) is 22.6 Å². The average Bonchev–Trinajstić information content (AvgIpc) is 3.54. The van der Waals surface area contributed by atoms with E-state index in [1.54, 1.807) is 18.2 Å². The Hall–Kier alpha value is -3.96. The molecule has 2 aromatic heterocycles. The number of carbonyl (C=O) groups excluding carboxylic acids is 1. The van der Waals surface area contributed by atoms with Crippen molar-refractivity contribution in [2.24, 2.45) is 11.8 Å². The van der Waals surface area contributed by atoms with Crippen LogP contribution in [0.4, 0.5) is 4.39 Å². The van der Waals surface area contributed by atoms with Crippen LogP contribution in [-0.4, -0.2) is 32.9 Å². The van der Waals surface area contributed by atoms with Crippen molar-refractivity contribution in [3.8, 4) is 17.2 Å². The number of H-pyrrole nitrogens is 1. The zero-order valence-corrected chi connectivity index (χ0v) is 27.4. The number of pyridine rings is 1. The van der Waals surface area contributed by atoms with Crippen molar-refractivity contribution in [1.82, 2.24) is 14.9 Å². The summed E-state index contributed by atoms with van der Waals surface area (Å²) in [6.07, 6.45) is 4.18. The summed E-state index contributed by atoms with van der Waals surface area (Å²) in [6, 6.07) is 21.5. The summed E-state index contributed by atoms with van der Waals surface area (Å²) in [5.41, 5.74) is 5.16. The molecule has 1 saturated heterocycles. The molecular weight excluding hydrogens is 634 g/mol. The Morgan fingerprint density at radius 1 is 1.11 bits per heavy atom. The summed E-state index contributed by atoms with van der Waals surface area (Å²) in [7, 11) is 0. The largest absolute Gasteiger partial charge is 0.373 e. The highest BCUT2D eigenvalue weighted by molar-refractivity contribution is 6.43. The van der Waals surface area contributed by atoms with Crippen molar-refractivity contribution in [2.75, 3.05) is 0 Å². The van der Waals surface area contributed by atoms with E-state index in [9.17, 15) is 10.1 Å². The molecule has 5 aromatic rings. The van der Waals surface area contributed by atoms with Gasteiger partial charge in [-0.2, -0.15) is 5.26 Å². The number of ether oxygens (including phenoxy) is 1. The number of nitrogens with zero attached hydrogens (tertiary/aromatic N) is 3. The first-order valence-corrected chi connectivity index (χ1v) is 17.0. The number of aryl methyl sites for hydroxylation is 2. The number of carbonyl (C=O) groups is 1. The van der Waals surface area contributed by atoms with Crippen LogP contribution in [0.25, 0.3) is 32.9 Å². The van der Waals surface area contributed by atoms with Gasteiger partial charge in [-0.1, -0.05) is 65.7 Å². The number of piperidine rings is 1. The zero-order valence-electron chi connectivity index (χ0n) is 25.9. The molecule has 8 rings (SSSR count). The fourth-order valence-corrected chi connectivity index (χ4v) is 8.33. The number of nitriles is 1. The number of aromatic nitrogens is 2. The molecule has 2 saturated carbocycles. The van der Waals surface area contributed by atoms with Gasteiger partial charge in [0.15, 0.2) is 5.82 Å². The summed E-state index contributed by atoms with van der Waals surface area (Å²) in [6.45, 7) is 2.41. The first kappa shape index (κ1) is 30.4. The summed E-state index contributed by atoms with van der Waals surface area (Å²) in [4.78, 5) is 24.3. The van der Waals surface area contributed by atoms with Gasteiger partial charge in [0.2, 0.25) is 5.91 Å². The SMILES string of the molecule is Cc1nc2c(F)c(-c3cccc(Cl)c3Cl)c(CCC#N)cc2c2[nH]c(C3C4CC(CC4OCc4ccccc4)N3C(=O)C3CC3)cc12. The Balaban J connectivity index is 1.24. The van der Waals surface area contributed by atoms with Gasteiger partial charge in [-0.3, -0.25) is 4.79 Å². The molecule has 2 aliphatic carbocycles. The van der Waals surface area contributed by atoms with Crippen molar-refractivity contribution < 1.29 is 13.9 Å². The molecule has 3 aliphatic rings. The van der Waals surface area contributed by atoms with E-state index < -0.39 is 5.82 Å². The average molecular weight is 668 g/mol. The van der Waals surface area contributed by atoms with Gasteiger partial charge in [-0.05, 0) is 68.4 Å². The molecule has 3 fully saturated rings. The van der Waals surface area contributed by atoms with Crippen LogP contribution >= 0.6 is 23.2 Å². The lowest BCUT2D eigenvalue weighted by Crippen LogP contribution is -2.45. The van der Waals surface area contributed by atoms with Crippen molar-refractivity contribution in [3.05, 3.63) is 99.0 Å². The molecule has 6 nitrogen and oxygen atoms in total. The molecule has 9 heteroatoms. The van der Waals surface area contributed by atoms with Crippen molar-refractivity contribution in [1.29, 1.82) is 5.26 Å². The van der Waals surface area contributed by atoms with Crippen LogP contribution in [0.3, 0.4) is 0 Å². The van der Waals surface area contributed by atoms with E-state index in [0.717, 1.165) is 47.8 Å². The Bertz CT molecular complexity index is 2090. The van der Waals surface area contributed by atoms with E-state index in [2.05, 4.69) is 34.2 Å². The van der Waals surface area contributed by atoms with Gasteiger partial charge in [0.1, 0.15) is 5.52 Å². The van der Waals surface area contributed by atoms with Crippen molar-refractivity contribution in [2.45, 2.75) is 70.2 Å². The molecule has 1 aliphatic heterocycles. The number of likely N-dealkylation sites (tertiary alicyclic amines) is 1. The highest BCUT2D eigenvalue weighted by atomic mass is 35.5. The Morgan fingerprint density at radius 2 is 1.91 bits per heavy atom. The second kappa shape index (κ2) is 11.9. The first-order chi connectivity index (χ1) is 22.8. The minimum atomic E-state index is -0.499. The molecule has 1 N–H and O–H groups in total. The zero-order chi connectivity index (χ0) is 32.4. The normalized spacial score (nSPS) is 22.0. The number of halogens is 3. The van der Waals surface area contributed by atoms with Gasteiger partial charge < -0.3 is 14.6 Å². The minimum absolute atomic E-state index is 0.0240. The Morgan fingerprint density at radius 3 is 2.68 bits per heavy atom. The lowest BCUT2D eigenvalue weighted by molar-refractivity contribution is -0.140. The third-order valence-electron chi connectivity index (χ3n) is 10.3. The second-order valence-corrected chi connectivity index (χ2v) is 14.0. The molecule has 3 aromatic carbocycles. The van der Waals surface area contributed by atoms with E-state index >= 15 is 4.39 Å². The quantitative estimate of drug-likeness (QED) is 0.179. The number of nitrogens with one attached hydrogen (secondary N) is 1. The van der Waals surface area contributed by atoms with Crippen LogP contribution in [0, 0.1) is 35.9 Å². The highest BCUT2D eigenvalue weighted by Gasteiger charge is 2.56. The van der Waals surface area contributed by atoms with E-state index in [1.807, 2.05) is 31.2 Å². The number of benzene rings is 3. The summed E-state index contributed by atoms with van der Waals surface area (Å²) in [5, 5.41) is 11.5. The maximum absolute atomic E-state index is 16.7. The summed E-state index contributed by atoms with van der Waals surface area (Å²) >= 11 is 12.9. The molecule has 4 atom stereocenters. The van der Waals surface area contributed by atoms with Crippen LogP contribution in [0.1, 0.15) is 60.7 Å². The number of hydrogen-bond donors (Lipinski definition) is 1. The number of hydrogen-bond acceptors (Lipinski definition) is 4. The van der Waals surface area contributed by atoms with Crippen LogP contribution < -0.4 is 0 Å². The smallest absolute Gasteiger partial charge is 0.226 e. The van der Waals surface area contributed by atoms with Crippen LogP contribution in [0.2, 0.25) is 10.0 Å². The first-order valence-electron chi connectivity index (χ1n) is 16.3. The number of aromatic amines is 1. The molecule has 0 spiro atoms. The maximum Gasteiger partial charge on any atom is 0.226 e. The number of rotatable bonds is 8. The maximum atomic E-state index is 16.7. The molecule has 3 heterocycles. The standard InChI is InChI=1S/C38H33Cl2FN4O2/c1-20-26-18-30(37-27-16-24(45(37)38(46)22-12-13-22)17-31(27)47-19-21-7-3-2-4-8-21)44-35(26)28-15-23(9-6-14-42)32(34(41)36(28)43-20)25-10-5-11-29(39)33(25)40/h2-5,7-8,10-11,15,18,22,24,27,31,37,44H,6,9,12-13,16-17,19H2,1H3. The van der Waals surface area contributed by atoms with E-state index in [-0.39, 0.29) is 52.9 Å². The highest BCUT2D eigenvalue weighted by Crippen LogP contribution is 2.54. The van der Waals surface area contributed by atoms with Gasteiger partial charge in [0, 0.05) is 57.6 Å². The summed E-state index contributed by atoms with van der Waals surface area (Å²) < 4.78 is 23.2. The number of amides is 1. The van der Waals surface area contributed by atoms with Gasteiger partial charge >= 0.3 is 0 Å². The third kappa shape index (κ3) is 5.18. The van der Waals surface area contributed by atoms with Crippen LogP contribution in [0.15, 0.2) is 60.7 Å². The fourth-order valence-electron chi connectivity index (χ4n) is 7.93. The van der Waals surface area contributed by atoms with Gasteiger partial charge in [0.25, 0.3) is 0 Å². The molecule has 238 valence electrons. The molecule has 1 amide bonds. The monoisotopic (exact) mass is 666 g/mol. The Kier molecular flexibility index (Phi) is 7.71. The summed E-state index contributed by atoms with van der Waals surface area (Å²) in [5.74, 6) is -0.0305. The topological polar surface area (TPSA) is 82.0 Å². The predicted molar refractivity (Wildman–Crippen MR) is 182 cm³/mol. The third-order valence-corrected chi connectivity index (χ3v) is 11.1. The van der Waals surface area contributed by atoms with E-state index in [4.69, 9.17) is 32.9 Å². The van der Waals surface area contributed by atoms with E-state index in [1.165, 1.54) is 0 Å². The lowest BCUT2D eigenvalue weighted by atomic mass is 9.92. The molecule has 0 radical (unpaired) electrons. The van der Waals surface area contributed by atoms with Crippen LogP contribution in [0.5, 0.6) is 0 Å².